The molecule has 0 N–H and O–H groups in total. The van der Waals surface area contributed by atoms with Crippen LogP contribution in [0.2, 0.25) is 5.02 Å². The van der Waals surface area contributed by atoms with E-state index in [-0.39, 0.29) is 5.76 Å². The Morgan fingerprint density at radius 1 is 1.61 bits per heavy atom. The number of aromatic nitrogens is 2. The molecule has 94 valence electrons. The lowest BCUT2D eigenvalue weighted by atomic mass is 10.1. The van der Waals surface area contributed by atoms with Gasteiger partial charge in [-0.2, -0.15) is 5.10 Å². The summed E-state index contributed by atoms with van der Waals surface area (Å²) in [7, 11) is 1.33. The molecule has 0 bridgehead atoms. The van der Waals surface area contributed by atoms with Crippen molar-refractivity contribution >= 4 is 17.6 Å². The van der Waals surface area contributed by atoms with Crippen LogP contribution in [0.15, 0.2) is 16.7 Å². The summed E-state index contributed by atoms with van der Waals surface area (Å²) in [4.78, 5) is 11.5. The molecular weight excluding hydrogens is 256 g/mol. The van der Waals surface area contributed by atoms with Crippen LogP contribution in [0.5, 0.6) is 0 Å². The van der Waals surface area contributed by atoms with Crippen molar-refractivity contribution in [2.24, 2.45) is 0 Å². The third kappa shape index (κ3) is 1.62. The standard InChI is InChI=1S/C12H11ClN2O3/c1-17-12(16)10-5-7-9(18-10)3-2-4-15-11(7)8(13)6-14-15/h5-6H,2-4H2,1H3. The van der Waals surface area contributed by atoms with Crippen LogP contribution in [0, 0.1) is 0 Å². The lowest BCUT2D eigenvalue weighted by Crippen LogP contribution is -2.01. The fraction of sp³-hybridized carbons (Fsp3) is 0.333. The lowest BCUT2D eigenvalue weighted by Gasteiger charge is -2.01. The molecule has 2 aromatic rings. The smallest absolute Gasteiger partial charge is 0.373 e. The Balaban J connectivity index is 2.17. The molecule has 0 atom stereocenters. The molecule has 0 radical (unpaired) electrons. The van der Waals surface area contributed by atoms with E-state index >= 15 is 0 Å². The maximum atomic E-state index is 11.5. The van der Waals surface area contributed by atoms with Crippen LogP contribution >= 0.6 is 11.6 Å². The highest BCUT2D eigenvalue weighted by Crippen LogP contribution is 2.35. The molecule has 6 heteroatoms. The number of ether oxygens (including phenoxy) is 1. The number of esters is 1. The zero-order chi connectivity index (χ0) is 12.7. The molecule has 2 aromatic heterocycles. The minimum absolute atomic E-state index is 0.202. The molecule has 0 amide bonds. The monoisotopic (exact) mass is 266 g/mol. The molecule has 0 unspecified atom stereocenters. The third-order valence-electron chi connectivity index (χ3n) is 3.02. The van der Waals surface area contributed by atoms with Crippen LogP contribution in [-0.4, -0.2) is 22.9 Å². The first-order valence-electron chi connectivity index (χ1n) is 5.63. The van der Waals surface area contributed by atoms with Crippen LogP contribution in [0.3, 0.4) is 0 Å². The van der Waals surface area contributed by atoms with E-state index in [1.165, 1.54) is 7.11 Å². The van der Waals surface area contributed by atoms with Gasteiger partial charge in [-0.25, -0.2) is 4.79 Å². The molecule has 0 saturated carbocycles. The predicted octanol–water partition coefficient (Wildman–Crippen LogP) is 2.53. The van der Waals surface area contributed by atoms with E-state index in [0.717, 1.165) is 36.4 Å². The first-order chi connectivity index (χ1) is 8.70. The highest BCUT2D eigenvalue weighted by molar-refractivity contribution is 6.33. The molecule has 0 saturated heterocycles. The number of nitrogens with zero attached hydrogens (tertiary/aromatic N) is 2. The molecule has 1 aliphatic rings. The van der Waals surface area contributed by atoms with Crippen molar-refractivity contribution in [1.82, 2.24) is 9.78 Å². The summed E-state index contributed by atoms with van der Waals surface area (Å²) in [5.74, 6) is 0.482. The Kier molecular flexibility index (Phi) is 2.63. The Labute approximate surface area is 108 Å². The van der Waals surface area contributed by atoms with Crippen molar-refractivity contribution in [3.63, 3.8) is 0 Å². The Morgan fingerprint density at radius 2 is 2.44 bits per heavy atom. The minimum Gasteiger partial charge on any atom is -0.463 e. The van der Waals surface area contributed by atoms with Gasteiger partial charge < -0.3 is 9.15 Å². The number of methoxy groups -OCH3 is 1. The Hall–Kier alpha value is -1.75. The summed E-state index contributed by atoms with van der Waals surface area (Å²) in [5.41, 5.74) is 1.64. The number of rotatable bonds is 1. The van der Waals surface area contributed by atoms with E-state index in [9.17, 15) is 4.79 Å². The van der Waals surface area contributed by atoms with Crippen molar-refractivity contribution < 1.29 is 13.9 Å². The molecule has 5 nitrogen and oxygen atoms in total. The minimum atomic E-state index is -0.481. The fourth-order valence-electron chi connectivity index (χ4n) is 2.21. The highest BCUT2D eigenvalue weighted by Gasteiger charge is 2.24. The average Bonchev–Trinajstić information content (AvgIpc) is 2.89. The van der Waals surface area contributed by atoms with Crippen molar-refractivity contribution in [1.29, 1.82) is 0 Å². The first-order valence-corrected chi connectivity index (χ1v) is 6.01. The maximum Gasteiger partial charge on any atom is 0.373 e. The molecule has 0 aromatic carbocycles. The number of fused-ring (bicyclic) bond motifs is 3. The van der Waals surface area contributed by atoms with Crippen molar-refractivity contribution in [3.8, 4) is 11.3 Å². The molecule has 18 heavy (non-hydrogen) atoms. The molecule has 0 aliphatic carbocycles. The second kappa shape index (κ2) is 4.17. The number of halogens is 1. The second-order valence-corrected chi connectivity index (χ2v) is 4.51. The van der Waals surface area contributed by atoms with Gasteiger partial charge in [0, 0.05) is 24.6 Å². The Morgan fingerprint density at radius 3 is 3.22 bits per heavy atom. The van der Waals surface area contributed by atoms with E-state index in [1.807, 2.05) is 4.68 Å². The predicted molar refractivity (Wildman–Crippen MR) is 64.6 cm³/mol. The number of hydrogen-bond acceptors (Lipinski definition) is 4. The van der Waals surface area contributed by atoms with Gasteiger partial charge in [-0.3, -0.25) is 4.68 Å². The summed E-state index contributed by atoms with van der Waals surface area (Å²) >= 11 is 6.14. The number of aryl methyl sites for hydroxylation is 2. The third-order valence-corrected chi connectivity index (χ3v) is 3.30. The molecule has 3 heterocycles. The number of carbonyl (C=O) groups is 1. The summed E-state index contributed by atoms with van der Waals surface area (Å²) < 4.78 is 12.0. The SMILES string of the molecule is COC(=O)c1cc2c(o1)CCCn1ncc(Cl)c1-2. The quantitative estimate of drug-likeness (QED) is 0.744. The molecule has 0 spiro atoms. The van der Waals surface area contributed by atoms with Crippen molar-refractivity contribution in [3.05, 3.63) is 28.8 Å². The van der Waals surface area contributed by atoms with Gasteiger partial charge in [0.2, 0.25) is 5.76 Å². The Bertz CT molecular complexity index is 615. The van der Waals surface area contributed by atoms with E-state index in [0.29, 0.717) is 5.02 Å². The van der Waals surface area contributed by atoms with Gasteiger partial charge in [0.1, 0.15) is 5.76 Å². The zero-order valence-corrected chi connectivity index (χ0v) is 10.5. The van der Waals surface area contributed by atoms with E-state index in [2.05, 4.69) is 9.84 Å². The lowest BCUT2D eigenvalue weighted by molar-refractivity contribution is 0.0563. The van der Waals surface area contributed by atoms with Crippen LogP contribution < -0.4 is 0 Å². The van der Waals surface area contributed by atoms with Crippen molar-refractivity contribution in [2.45, 2.75) is 19.4 Å². The maximum absolute atomic E-state index is 11.5. The summed E-state index contributed by atoms with van der Waals surface area (Å²) in [6.07, 6.45) is 3.26. The highest BCUT2D eigenvalue weighted by atomic mass is 35.5. The molecular formula is C12H11ClN2O3. The van der Waals surface area contributed by atoms with E-state index < -0.39 is 5.97 Å². The van der Waals surface area contributed by atoms with Gasteiger partial charge >= 0.3 is 5.97 Å². The number of furan rings is 1. The van der Waals surface area contributed by atoms with Gasteiger partial charge in [-0.1, -0.05) is 11.6 Å². The largest absolute Gasteiger partial charge is 0.463 e. The van der Waals surface area contributed by atoms with Crippen LogP contribution in [0.1, 0.15) is 22.7 Å². The van der Waals surface area contributed by atoms with Crippen molar-refractivity contribution in [2.75, 3.05) is 7.11 Å². The number of hydrogen-bond donors (Lipinski definition) is 0. The van der Waals surface area contributed by atoms with Gasteiger partial charge in [-0.15, -0.1) is 0 Å². The van der Waals surface area contributed by atoms with Gasteiger partial charge in [0.15, 0.2) is 0 Å². The van der Waals surface area contributed by atoms with Crippen LogP contribution in [0.4, 0.5) is 0 Å². The second-order valence-electron chi connectivity index (χ2n) is 4.11. The summed E-state index contributed by atoms with van der Waals surface area (Å²) in [6.45, 7) is 0.791. The van der Waals surface area contributed by atoms with Crippen LogP contribution in [0.25, 0.3) is 11.3 Å². The van der Waals surface area contributed by atoms with E-state index in [1.54, 1.807) is 12.3 Å². The fourth-order valence-corrected chi connectivity index (χ4v) is 2.45. The summed E-state index contributed by atoms with van der Waals surface area (Å²) in [6, 6.07) is 1.67. The zero-order valence-electron chi connectivity index (χ0n) is 9.77. The normalized spacial score (nSPS) is 13.7. The van der Waals surface area contributed by atoms with Gasteiger partial charge in [0.25, 0.3) is 0 Å². The number of carbonyl (C=O) groups excluding carboxylic acids is 1. The van der Waals surface area contributed by atoms with Gasteiger partial charge in [-0.05, 0) is 6.42 Å². The average molecular weight is 267 g/mol. The van der Waals surface area contributed by atoms with Gasteiger partial charge in [0.05, 0.1) is 24.0 Å². The first kappa shape index (κ1) is 11.3. The van der Waals surface area contributed by atoms with E-state index in [4.69, 9.17) is 16.0 Å². The topological polar surface area (TPSA) is 57.3 Å². The van der Waals surface area contributed by atoms with Crippen LogP contribution in [-0.2, 0) is 17.7 Å². The molecule has 3 rings (SSSR count). The molecule has 0 fully saturated rings. The molecule has 1 aliphatic heterocycles. The summed E-state index contributed by atoms with van der Waals surface area (Å²) in [5, 5.41) is 4.78.